The summed E-state index contributed by atoms with van der Waals surface area (Å²) in [6.45, 7) is 5.50. The second kappa shape index (κ2) is 8.55. The van der Waals surface area contributed by atoms with Crippen molar-refractivity contribution in [3.8, 4) is 5.75 Å². The monoisotopic (exact) mass is 416 g/mol. The van der Waals surface area contributed by atoms with Crippen LogP contribution in [-0.4, -0.2) is 27.5 Å². The number of hydrogen-bond acceptors (Lipinski definition) is 4. The maximum absolute atomic E-state index is 13.0. The van der Waals surface area contributed by atoms with Crippen LogP contribution in [-0.2, 0) is 22.9 Å². The van der Waals surface area contributed by atoms with Crippen LogP contribution < -0.4 is 14.8 Å². The van der Waals surface area contributed by atoms with Gasteiger partial charge in [-0.3, -0.25) is 4.79 Å². The predicted octanol–water partition coefficient (Wildman–Crippen LogP) is 3.36. The fourth-order valence-electron chi connectivity index (χ4n) is 3.60. The molecule has 0 radical (unpaired) electrons. The smallest absolute Gasteiger partial charge is 0.255 e. The van der Waals surface area contributed by atoms with Gasteiger partial charge in [-0.2, -0.15) is 0 Å². The Morgan fingerprint density at radius 2 is 1.76 bits per heavy atom. The molecule has 6 nitrogen and oxygen atoms in total. The van der Waals surface area contributed by atoms with Crippen LogP contribution >= 0.6 is 0 Å². The predicted molar refractivity (Wildman–Crippen MR) is 113 cm³/mol. The standard InChI is InChI=1S/C22H28N2O4S/c1-14(2)23-22(25)20-13-19(10-11-21(20)28-4)29(26,27)24-15(3)17-9-8-16-6-5-7-18(16)12-17/h8-15,24H,5-7H2,1-4H3,(H,23,25)/t15-/m1/s1. The molecule has 0 unspecified atom stereocenters. The third kappa shape index (κ3) is 4.79. The van der Waals surface area contributed by atoms with Crippen molar-refractivity contribution in [2.75, 3.05) is 7.11 Å². The van der Waals surface area contributed by atoms with Crippen molar-refractivity contribution < 1.29 is 17.9 Å². The molecule has 0 heterocycles. The van der Waals surface area contributed by atoms with Gasteiger partial charge in [0, 0.05) is 12.1 Å². The summed E-state index contributed by atoms with van der Waals surface area (Å²) in [5.74, 6) is -0.0469. The second-order valence-corrected chi connectivity index (χ2v) is 9.43. The highest BCUT2D eigenvalue weighted by Crippen LogP contribution is 2.27. The van der Waals surface area contributed by atoms with Gasteiger partial charge in [0.1, 0.15) is 5.75 Å². The van der Waals surface area contributed by atoms with Crippen molar-refractivity contribution in [1.29, 1.82) is 0 Å². The molecule has 0 saturated heterocycles. The van der Waals surface area contributed by atoms with Gasteiger partial charge in [-0.05, 0) is 74.9 Å². The van der Waals surface area contributed by atoms with Gasteiger partial charge in [-0.1, -0.05) is 18.2 Å². The maximum atomic E-state index is 13.0. The summed E-state index contributed by atoms with van der Waals surface area (Å²) in [5.41, 5.74) is 3.76. The highest BCUT2D eigenvalue weighted by atomic mass is 32.2. The molecule has 0 aliphatic heterocycles. The molecule has 0 fully saturated rings. The first kappa shape index (κ1) is 21.3. The molecule has 0 spiro atoms. The van der Waals surface area contributed by atoms with Crippen LogP contribution in [0.4, 0.5) is 0 Å². The second-order valence-electron chi connectivity index (χ2n) is 7.71. The molecule has 1 aliphatic carbocycles. The minimum absolute atomic E-state index is 0.0280. The molecule has 3 rings (SSSR count). The number of methoxy groups -OCH3 is 1. The van der Waals surface area contributed by atoms with Gasteiger partial charge in [-0.15, -0.1) is 0 Å². The van der Waals surface area contributed by atoms with E-state index in [1.165, 1.54) is 36.4 Å². The number of carbonyl (C=O) groups excluding carboxylic acids is 1. The third-order valence-corrected chi connectivity index (χ3v) is 6.64. The number of nitrogens with one attached hydrogen (secondary N) is 2. The highest BCUT2D eigenvalue weighted by molar-refractivity contribution is 7.89. The van der Waals surface area contributed by atoms with Gasteiger partial charge in [0.05, 0.1) is 17.6 Å². The molecule has 1 aliphatic rings. The number of benzene rings is 2. The van der Waals surface area contributed by atoms with Gasteiger partial charge >= 0.3 is 0 Å². The fourth-order valence-corrected chi connectivity index (χ4v) is 4.86. The lowest BCUT2D eigenvalue weighted by molar-refractivity contribution is 0.0940. The average molecular weight is 417 g/mol. The maximum Gasteiger partial charge on any atom is 0.255 e. The van der Waals surface area contributed by atoms with E-state index in [2.05, 4.69) is 22.2 Å². The van der Waals surface area contributed by atoms with Crippen LogP contribution in [0.2, 0.25) is 0 Å². The number of aryl methyl sites for hydroxylation is 2. The Morgan fingerprint density at radius 1 is 1.03 bits per heavy atom. The summed E-state index contributed by atoms with van der Waals surface area (Å²) >= 11 is 0. The Balaban J connectivity index is 1.86. The Kier molecular flexibility index (Phi) is 6.29. The molecule has 2 aromatic carbocycles. The van der Waals surface area contributed by atoms with Crippen molar-refractivity contribution in [2.24, 2.45) is 0 Å². The molecule has 0 bridgehead atoms. The highest BCUT2D eigenvalue weighted by Gasteiger charge is 2.23. The normalized spacial score (nSPS) is 14.5. The lowest BCUT2D eigenvalue weighted by Crippen LogP contribution is -2.31. The number of amides is 1. The first-order chi connectivity index (χ1) is 13.7. The summed E-state index contributed by atoms with van der Waals surface area (Å²) in [4.78, 5) is 12.5. The Hall–Kier alpha value is -2.38. The topological polar surface area (TPSA) is 84.5 Å². The number of sulfonamides is 1. The molecule has 29 heavy (non-hydrogen) atoms. The lowest BCUT2D eigenvalue weighted by atomic mass is 10.0. The van der Waals surface area contributed by atoms with Crippen molar-refractivity contribution in [2.45, 2.75) is 57.0 Å². The van der Waals surface area contributed by atoms with Gasteiger partial charge < -0.3 is 10.1 Å². The first-order valence-electron chi connectivity index (χ1n) is 9.84. The number of rotatable bonds is 7. The van der Waals surface area contributed by atoms with E-state index < -0.39 is 10.0 Å². The van der Waals surface area contributed by atoms with Crippen LogP contribution in [0.3, 0.4) is 0 Å². The minimum atomic E-state index is -3.82. The molecule has 156 valence electrons. The van der Waals surface area contributed by atoms with Crippen LogP contribution in [0, 0.1) is 0 Å². The molecule has 1 atom stereocenters. The number of ether oxygens (including phenoxy) is 1. The molecule has 1 amide bonds. The van der Waals surface area contributed by atoms with E-state index in [-0.39, 0.29) is 28.4 Å². The van der Waals surface area contributed by atoms with E-state index in [0.717, 1.165) is 24.8 Å². The van der Waals surface area contributed by atoms with E-state index in [1.807, 2.05) is 26.8 Å². The first-order valence-corrected chi connectivity index (χ1v) is 11.3. The van der Waals surface area contributed by atoms with Crippen molar-refractivity contribution in [3.63, 3.8) is 0 Å². The van der Waals surface area contributed by atoms with Crippen LogP contribution in [0.5, 0.6) is 5.75 Å². The SMILES string of the molecule is COc1ccc(S(=O)(=O)N[C@H](C)c2ccc3c(c2)CCC3)cc1C(=O)NC(C)C. The number of fused-ring (bicyclic) bond motifs is 1. The zero-order valence-electron chi connectivity index (χ0n) is 17.3. The van der Waals surface area contributed by atoms with E-state index in [9.17, 15) is 13.2 Å². The molecule has 2 aromatic rings. The van der Waals surface area contributed by atoms with Crippen LogP contribution in [0.15, 0.2) is 41.3 Å². The van der Waals surface area contributed by atoms with Gasteiger partial charge in [0.2, 0.25) is 10.0 Å². The van der Waals surface area contributed by atoms with E-state index in [1.54, 1.807) is 0 Å². The average Bonchev–Trinajstić information content (AvgIpc) is 3.14. The summed E-state index contributed by atoms with van der Waals surface area (Å²) < 4.78 is 33.9. The van der Waals surface area contributed by atoms with Crippen LogP contribution in [0.25, 0.3) is 0 Å². The summed E-state index contributed by atoms with van der Waals surface area (Å²) in [6, 6.07) is 10.00. The molecular formula is C22H28N2O4S. The van der Waals surface area contributed by atoms with E-state index in [0.29, 0.717) is 5.75 Å². The van der Waals surface area contributed by atoms with Crippen LogP contribution in [0.1, 0.15) is 60.3 Å². The quantitative estimate of drug-likeness (QED) is 0.725. The zero-order valence-corrected chi connectivity index (χ0v) is 18.1. The third-order valence-electron chi connectivity index (χ3n) is 5.10. The summed E-state index contributed by atoms with van der Waals surface area (Å²) in [7, 11) is -2.37. The molecular weight excluding hydrogens is 388 g/mol. The van der Waals surface area contributed by atoms with Gasteiger partial charge in [-0.25, -0.2) is 13.1 Å². The van der Waals surface area contributed by atoms with E-state index >= 15 is 0 Å². The largest absolute Gasteiger partial charge is 0.496 e. The van der Waals surface area contributed by atoms with Crippen molar-refractivity contribution in [1.82, 2.24) is 10.0 Å². The summed E-state index contributed by atoms with van der Waals surface area (Å²) in [5, 5.41) is 2.77. The van der Waals surface area contributed by atoms with Crippen molar-refractivity contribution >= 4 is 15.9 Å². The summed E-state index contributed by atoms with van der Waals surface area (Å²) in [6.07, 6.45) is 3.27. The number of hydrogen-bond donors (Lipinski definition) is 2. The number of carbonyl (C=O) groups is 1. The fraction of sp³-hybridized carbons (Fsp3) is 0.409. The Bertz CT molecular complexity index is 1020. The molecule has 2 N–H and O–H groups in total. The van der Waals surface area contributed by atoms with E-state index in [4.69, 9.17) is 4.74 Å². The lowest BCUT2D eigenvalue weighted by Gasteiger charge is -2.17. The molecule has 0 saturated carbocycles. The van der Waals surface area contributed by atoms with Gasteiger partial charge in [0.15, 0.2) is 0 Å². The van der Waals surface area contributed by atoms with Crippen molar-refractivity contribution in [3.05, 3.63) is 58.7 Å². The minimum Gasteiger partial charge on any atom is -0.496 e. The molecule has 0 aromatic heterocycles. The molecule has 7 heteroatoms. The Labute approximate surface area is 172 Å². The zero-order chi connectivity index (χ0) is 21.2. The Morgan fingerprint density at radius 3 is 2.45 bits per heavy atom. The van der Waals surface area contributed by atoms with Gasteiger partial charge in [0.25, 0.3) is 5.91 Å².